The molecule has 0 aliphatic rings. The zero-order valence-corrected chi connectivity index (χ0v) is 27.3. The smallest absolute Gasteiger partial charge is 0.0628 e. The summed E-state index contributed by atoms with van der Waals surface area (Å²) >= 11 is 0. The maximum atomic E-state index is 3.69. The normalized spacial score (nSPS) is 11.5. The van der Waals surface area contributed by atoms with Gasteiger partial charge in [0.1, 0.15) is 0 Å². The summed E-state index contributed by atoms with van der Waals surface area (Å²) in [6, 6.07) is 60.0. The van der Waals surface area contributed by atoms with E-state index in [1.54, 1.807) is 0 Å². The second-order valence-electron chi connectivity index (χ2n) is 12.6. The molecule has 3 N–H and O–H groups in total. The van der Waals surface area contributed by atoms with Gasteiger partial charge in [-0.25, -0.2) is 0 Å². The van der Waals surface area contributed by atoms with Crippen LogP contribution in [0.4, 0.5) is 17.1 Å². The summed E-state index contributed by atoms with van der Waals surface area (Å²) in [6.07, 6.45) is 6.28. The Morgan fingerprint density at radius 1 is 0.540 bits per heavy atom. The first-order valence-corrected chi connectivity index (χ1v) is 16.9. The van der Waals surface area contributed by atoms with E-state index in [0.717, 1.165) is 56.0 Å². The van der Waals surface area contributed by atoms with Crippen LogP contribution < -0.4 is 10.6 Å². The first kappa shape index (κ1) is 29.4. The van der Waals surface area contributed by atoms with E-state index in [1.165, 1.54) is 27.2 Å². The molecule has 7 aromatic carbocycles. The van der Waals surface area contributed by atoms with Crippen molar-refractivity contribution >= 4 is 55.8 Å². The fraction of sp³-hybridized carbons (Fsp3) is 0. The van der Waals surface area contributed by atoms with Crippen molar-refractivity contribution in [2.45, 2.75) is 0 Å². The molecule has 2 heterocycles. The van der Waals surface area contributed by atoms with Gasteiger partial charge in [0.2, 0.25) is 0 Å². The summed E-state index contributed by atoms with van der Waals surface area (Å²) in [5.74, 6) is 0. The standard InChI is InChI=1S/C46H34N4/c1-4-13-37(14-5-1)47-27-25-32-11-10-12-36(29-32)40-30-34(20-22-42(40)48-38-15-6-2-7-16-38)35-21-23-43-41(31-35)45-44(49-43)24-19-33-26-28-50(46(33)45)39-17-8-3-9-18-39/h1-31,47-49H/b27-25-. The predicted octanol–water partition coefficient (Wildman–Crippen LogP) is 12.4. The molecule has 0 saturated carbocycles. The molecule has 2 aromatic heterocycles. The third kappa shape index (κ3) is 5.59. The molecule has 0 fully saturated rings. The van der Waals surface area contributed by atoms with Gasteiger partial charge >= 0.3 is 0 Å². The summed E-state index contributed by atoms with van der Waals surface area (Å²) in [4.78, 5) is 3.69. The maximum Gasteiger partial charge on any atom is 0.0628 e. The van der Waals surface area contributed by atoms with Crippen molar-refractivity contribution in [3.63, 3.8) is 0 Å². The molecule has 0 unspecified atom stereocenters. The first-order valence-electron chi connectivity index (χ1n) is 16.9. The average Bonchev–Trinajstić information content (AvgIpc) is 3.78. The van der Waals surface area contributed by atoms with Gasteiger partial charge in [-0.05, 0) is 107 Å². The Hall–Kier alpha value is -6.78. The van der Waals surface area contributed by atoms with Crippen LogP contribution in [0, 0.1) is 0 Å². The predicted molar refractivity (Wildman–Crippen MR) is 212 cm³/mol. The molecule has 50 heavy (non-hydrogen) atoms. The lowest BCUT2D eigenvalue weighted by molar-refractivity contribution is 1.13. The number of hydrogen-bond donors (Lipinski definition) is 3. The molecule has 0 saturated heterocycles. The van der Waals surface area contributed by atoms with E-state index in [1.807, 2.05) is 30.5 Å². The minimum Gasteiger partial charge on any atom is -0.362 e. The van der Waals surface area contributed by atoms with Crippen LogP contribution in [0.25, 0.3) is 66.7 Å². The number of aromatic amines is 1. The van der Waals surface area contributed by atoms with Gasteiger partial charge in [-0.3, -0.25) is 0 Å². The van der Waals surface area contributed by atoms with E-state index in [9.17, 15) is 0 Å². The van der Waals surface area contributed by atoms with Gasteiger partial charge in [0.25, 0.3) is 0 Å². The monoisotopic (exact) mass is 642 g/mol. The minimum atomic E-state index is 1.05. The van der Waals surface area contributed by atoms with Gasteiger partial charge in [0.15, 0.2) is 0 Å². The van der Waals surface area contributed by atoms with Crippen molar-refractivity contribution in [1.29, 1.82) is 0 Å². The van der Waals surface area contributed by atoms with E-state index >= 15 is 0 Å². The zero-order chi connectivity index (χ0) is 33.3. The number of fused-ring (bicyclic) bond motifs is 5. The molecule has 0 radical (unpaired) electrons. The number of H-pyrrole nitrogens is 1. The van der Waals surface area contributed by atoms with E-state index in [0.29, 0.717) is 0 Å². The molecule has 0 spiro atoms. The Balaban J connectivity index is 1.15. The lowest BCUT2D eigenvalue weighted by Gasteiger charge is -2.15. The zero-order valence-electron chi connectivity index (χ0n) is 27.3. The molecule has 9 aromatic rings. The van der Waals surface area contributed by atoms with Gasteiger partial charge < -0.3 is 20.2 Å². The summed E-state index contributed by atoms with van der Waals surface area (Å²) in [6.45, 7) is 0. The quantitative estimate of drug-likeness (QED) is 0.154. The topological polar surface area (TPSA) is 44.8 Å². The van der Waals surface area contributed by atoms with Crippen molar-refractivity contribution < 1.29 is 0 Å². The van der Waals surface area contributed by atoms with Crippen LogP contribution in [0.5, 0.6) is 0 Å². The van der Waals surface area contributed by atoms with Gasteiger partial charge in [-0.1, -0.05) is 91.0 Å². The molecule has 4 nitrogen and oxygen atoms in total. The van der Waals surface area contributed by atoms with E-state index in [4.69, 9.17) is 0 Å². The third-order valence-electron chi connectivity index (χ3n) is 9.35. The number of benzene rings is 7. The van der Waals surface area contributed by atoms with Crippen molar-refractivity contribution in [1.82, 2.24) is 9.55 Å². The highest BCUT2D eigenvalue weighted by atomic mass is 15.0. The summed E-state index contributed by atoms with van der Waals surface area (Å²) in [7, 11) is 0. The van der Waals surface area contributed by atoms with Gasteiger partial charge in [0, 0.05) is 67.9 Å². The average molecular weight is 643 g/mol. The molecule has 0 aliphatic heterocycles. The Bertz CT molecular complexity index is 2630. The molecule has 0 aliphatic carbocycles. The highest BCUT2D eigenvalue weighted by Crippen LogP contribution is 2.39. The molecule has 0 bridgehead atoms. The van der Waals surface area contributed by atoms with Crippen molar-refractivity contribution in [3.05, 3.63) is 188 Å². The molecule has 0 amide bonds. The van der Waals surface area contributed by atoms with Crippen LogP contribution in [0.15, 0.2) is 182 Å². The summed E-state index contributed by atoms with van der Waals surface area (Å²) in [5.41, 5.74) is 13.5. The highest BCUT2D eigenvalue weighted by molar-refractivity contribution is 6.20. The summed E-state index contributed by atoms with van der Waals surface area (Å²) in [5, 5.41) is 10.7. The Labute approximate surface area is 291 Å². The largest absolute Gasteiger partial charge is 0.362 e. The molecular formula is C46H34N4. The third-order valence-corrected chi connectivity index (χ3v) is 9.35. The van der Waals surface area contributed by atoms with Crippen molar-refractivity contribution in [2.24, 2.45) is 0 Å². The van der Waals surface area contributed by atoms with Crippen LogP contribution in [-0.2, 0) is 0 Å². The molecule has 4 heteroatoms. The highest BCUT2D eigenvalue weighted by Gasteiger charge is 2.15. The number of nitrogens with zero attached hydrogens (tertiary/aromatic N) is 1. The minimum absolute atomic E-state index is 1.05. The van der Waals surface area contributed by atoms with Crippen LogP contribution in [-0.4, -0.2) is 9.55 Å². The maximum absolute atomic E-state index is 3.69. The number of hydrogen-bond acceptors (Lipinski definition) is 2. The lowest BCUT2D eigenvalue weighted by Crippen LogP contribution is -1.94. The Morgan fingerprint density at radius 2 is 1.26 bits per heavy atom. The van der Waals surface area contributed by atoms with Crippen LogP contribution in [0.2, 0.25) is 0 Å². The molecular weight excluding hydrogens is 609 g/mol. The first-order chi connectivity index (χ1) is 24.8. The molecule has 9 rings (SSSR count). The van der Waals surface area contributed by atoms with Crippen LogP contribution >= 0.6 is 0 Å². The van der Waals surface area contributed by atoms with Crippen molar-refractivity contribution in [3.8, 4) is 27.9 Å². The second kappa shape index (κ2) is 12.7. The van der Waals surface area contributed by atoms with Gasteiger partial charge in [-0.2, -0.15) is 0 Å². The van der Waals surface area contributed by atoms with Gasteiger partial charge in [-0.15, -0.1) is 0 Å². The Morgan fingerprint density at radius 3 is 2.08 bits per heavy atom. The number of anilines is 3. The van der Waals surface area contributed by atoms with Gasteiger partial charge in [0.05, 0.1) is 5.52 Å². The van der Waals surface area contributed by atoms with Crippen molar-refractivity contribution in [2.75, 3.05) is 10.6 Å². The number of nitrogens with one attached hydrogen (secondary N) is 3. The Kier molecular flexibility index (Phi) is 7.45. The fourth-order valence-electron chi connectivity index (χ4n) is 6.92. The van der Waals surface area contributed by atoms with E-state index < -0.39 is 0 Å². The fourth-order valence-corrected chi connectivity index (χ4v) is 6.92. The lowest BCUT2D eigenvalue weighted by atomic mass is 9.95. The number of aromatic nitrogens is 2. The SMILES string of the molecule is C(=C/c1cccc(-c2cc(-c3ccc4[nH]c5ccc6ccn(-c7ccccc7)c6c5c4c3)ccc2Nc2ccccc2)c1)/Nc1ccccc1. The second-order valence-corrected chi connectivity index (χ2v) is 12.6. The van der Waals surface area contributed by atoms with Crippen LogP contribution in [0.3, 0.4) is 0 Å². The number of rotatable bonds is 8. The molecule has 238 valence electrons. The van der Waals surface area contributed by atoms with Crippen LogP contribution in [0.1, 0.15) is 5.56 Å². The summed E-state index contributed by atoms with van der Waals surface area (Å²) < 4.78 is 2.30. The number of para-hydroxylation sites is 3. The molecule has 0 atom stereocenters. The van der Waals surface area contributed by atoms with E-state index in [2.05, 4.69) is 178 Å². The van der Waals surface area contributed by atoms with E-state index in [-0.39, 0.29) is 0 Å².